The number of nitrogens with one attached hydrogen (secondary N) is 3. The summed E-state index contributed by atoms with van der Waals surface area (Å²) >= 11 is 0. The van der Waals surface area contributed by atoms with Gasteiger partial charge in [0.15, 0.2) is 11.5 Å². The molecule has 16 nitrogen and oxygen atoms in total. The number of rotatable bonds is 14. The van der Waals surface area contributed by atoms with Crippen LogP contribution in [0.15, 0.2) is 78.2 Å². The Labute approximate surface area is 334 Å². The summed E-state index contributed by atoms with van der Waals surface area (Å²) in [4.78, 5) is 69.8. The van der Waals surface area contributed by atoms with Crippen LogP contribution in [0.2, 0.25) is 0 Å². The lowest BCUT2D eigenvalue weighted by Crippen LogP contribution is -2.55. The molecular weight excluding hydrogens is 741 g/mol. The van der Waals surface area contributed by atoms with Crippen LogP contribution in [0.25, 0.3) is 16.9 Å². The average Bonchev–Trinajstić information content (AvgIpc) is 3.80. The van der Waals surface area contributed by atoms with Gasteiger partial charge in [-0.25, -0.2) is 19.3 Å². The Hall–Kier alpha value is -6.39. The second-order valence-electron chi connectivity index (χ2n) is 15.0. The second-order valence-corrected chi connectivity index (χ2v) is 15.0. The number of amides is 3. The summed E-state index contributed by atoms with van der Waals surface area (Å²) < 4.78 is 3.19. The lowest BCUT2D eigenvalue weighted by atomic mass is 9.98. The fourth-order valence-corrected chi connectivity index (χ4v) is 8.13. The predicted molar refractivity (Wildman–Crippen MR) is 218 cm³/mol. The third kappa shape index (κ3) is 6.87. The van der Waals surface area contributed by atoms with E-state index in [9.17, 15) is 29.4 Å². The molecule has 3 aliphatic rings. The molecule has 2 aromatic carbocycles. The van der Waals surface area contributed by atoms with Crippen LogP contribution < -0.4 is 26.4 Å². The molecule has 2 aliphatic heterocycles. The van der Waals surface area contributed by atoms with Gasteiger partial charge in [0.1, 0.15) is 23.3 Å². The zero-order chi connectivity index (χ0) is 40.7. The van der Waals surface area contributed by atoms with Crippen molar-refractivity contribution < 1.29 is 24.6 Å². The summed E-state index contributed by atoms with van der Waals surface area (Å²) in [6.45, 7) is 7.34. The van der Waals surface area contributed by atoms with Gasteiger partial charge in [0.2, 0.25) is 11.9 Å². The number of allylic oxidation sites excluding steroid dienone is 1. The van der Waals surface area contributed by atoms with Gasteiger partial charge in [-0.3, -0.25) is 24.1 Å². The van der Waals surface area contributed by atoms with Crippen molar-refractivity contribution in [2.45, 2.75) is 76.3 Å². The molecule has 8 rings (SSSR count). The van der Waals surface area contributed by atoms with E-state index in [2.05, 4.69) is 32.4 Å². The lowest BCUT2D eigenvalue weighted by Gasteiger charge is -2.31. The van der Waals surface area contributed by atoms with E-state index >= 15 is 0 Å². The van der Waals surface area contributed by atoms with Crippen molar-refractivity contribution in [3.63, 3.8) is 0 Å². The van der Waals surface area contributed by atoms with E-state index in [0.29, 0.717) is 53.6 Å². The first-order valence-corrected chi connectivity index (χ1v) is 19.7. The first-order chi connectivity index (χ1) is 28.0. The number of pyridine rings is 1. The maximum atomic E-state index is 13.5. The summed E-state index contributed by atoms with van der Waals surface area (Å²) in [5.74, 6) is -0.767. The molecule has 5 N–H and O–H groups in total. The van der Waals surface area contributed by atoms with E-state index in [1.54, 1.807) is 29.0 Å². The predicted octanol–water partition coefficient (Wildman–Crippen LogP) is 3.97. The topological polar surface area (TPSA) is 200 Å². The minimum absolute atomic E-state index is 0.204. The van der Waals surface area contributed by atoms with Gasteiger partial charge in [-0.05, 0) is 93.0 Å². The Kier molecular flexibility index (Phi) is 10.3. The summed E-state index contributed by atoms with van der Waals surface area (Å²) in [6, 6.07) is 15.8. The van der Waals surface area contributed by atoms with E-state index in [0.717, 1.165) is 47.6 Å². The molecule has 0 saturated carbocycles. The Morgan fingerprint density at radius 3 is 2.60 bits per heavy atom. The number of carbonyl (C=O) groups excluding carboxylic acids is 3. The standard InChI is InChI=1S/C42H46N10O6/c1-4-22-50-38(55)29-24-44-41(48-36(29)52(50)32-17-11-25-19-20-42(58,5-2)35(25)46-32)45-26-12-14-27(15-13-26)49(3)23-7-6-21-43-30-10-8-9-28-34(30)40(57)51(39(28)56)31-16-18-33(53)47-37(31)54/h4,8-15,17,24,31,33,43,53,58H,1,5-7,16,18-23H2,2-3H3,(H,47,54)(H,44,45,48)/t31?,33?,42-/m1/s1. The van der Waals surface area contributed by atoms with E-state index in [1.165, 1.54) is 10.9 Å². The van der Waals surface area contributed by atoms with E-state index in [4.69, 9.17) is 9.97 Å². The van der Waals surface area contributed by atoms with Gasteiger partial charge in [-0.15, -0.1) is 6.58 Å². The molecule has 3 aromatic heterocycles. The van der Waals surface area contributed by atoms with Crippen LogP contribution in [0.4, 0.5) is 23.0 Å². The molecule has 300 valence electrons. The van der Waals surface area contributed by atoms with Crippen LogP contribution in [0.1, 0.15) is 77.4 Å². The number of hydrogen-bond donors (Lipinski definition) is 5. The Balaban J connectivity index is 0.892. The number of anilines is 4. The number of benzene rings is 2. The monoisotopic (exact) mass is 786 g/mol. The highest BCUT2D eigenvalue weighted by atomic mass is 16.3. The smallest absolute Gasteiger partial charge is 0.278 e. The fourth-order valence-electron chi connectivity index (χ4n) is 8.13. The molecule has 16 heteroatoms. The summed E-state index contributed by atoms with van der Waals surface area (Å²) in [5, 5.41) is 30.3. The Morgan fingerprint density at radius 1 is 1.03 bits per heavy atom. The Morgan fingerprint density at radius 2 is 1.84 bits per heavy atom. The number of unbranched alkanes of at least 4 members (excludes halogenated alkanes) is 1. The number of carbonyl (C=O) groups is 3. The number of aliphatic hydroxyl groups excluding tert-OH is 1. The molecule has 1 fully saturated rings. The maximum Gasteiger partial charge on any atom is 0.278 e. The van der Waals surface area contributed by atoms with Gasteiger partial charge in [-0.2, -0.15) is 4.98 Å². The van der Waals surface area contributed by atoms with Crippen LogP contribution >= 0.6 is 0 Å². The van der Waals surface area contributed by atoms with Gasteiger partial charge in [0.25, 0.3) is 17.4 Å². The van der Waals surface area contributed by atoms with Crippen molar-refractivity contribution in [3.05, 3.63) is 106 Å². The van der Waals surface area contributed by atoms with Crippen molar-refractivity contribution in [3.8, 4) is 5.82 Å². The molecule has 5 aromatic rings. The van der Waals surface area contributed by atoms with Crippen LogP contribution in [-0.2, 0) is 23.4 Å². The van der Waals surface area contributed by atoms with Gasteiger partial charge in [0.05, 0.1) is 23.4 Å². The molecule has 0 bridgehead atoms. The highest BCUT2D eigenvalue weighted by Gasteiger charge is 2.45. The van der Waals surface area contributed by atoms with Crippen molar-refractivity contribution in [1.29, 1.82) is 0 Å². The van der Waals surface area contributed by atoms with Crippen LogP contribution in [0.3, 0.4) is 0 Å². The van der Waals surface area contributed by atoms with Crippen LogP contribution in [0.5, 0.6) is 0 Å². The maximum absolute atomic E-state index is 13.5. The second kappa shape index (κ2) is 15.5. The third-order valence-electron chi connectivity index (χ3n) is 11.4. The first kappa shape index (κ1) is 38.5. The van der Waals surface area contributed by atoms with Gasteiger partial charge in [-0.1, -0.05) is 25.1 Å². The van der Waals surface area contributed by atoms with Crippen LogP contribution in [0, 0.1) is 0 Å². The molecular formula is C42H46N10O6. The molecule has 58 heavy (non-hydrogen) atoms. The van der Waals surface area contributed by atoms with Crippen molar-refractivity contribution in [1.82, 2.24) is 34.5 Å². The number of aromatic nitrogens is 5. The largest absolute Gasteiger partial charge is 0.384 e. The number of aliphatic hydroxyl groups is 2. The molecule has 5 heterocycles. The third-order valence-corrected chi connectivity index (χ3v) is 11.4. The van der Waals surface area contributed by atoms with Crippen molar-refractivity contribution in [2.75, 3.05) is 35.7 Å². The fraction of sp³-hybridized carbons (Fsp3) is 0.357. The molecule has 3 atom stereocenters. The van der Waals surface area contributed by atoms with Crippen LogP contribution in [-0.4, -0.2) is 89.6 Å². The molecule has 0 radical (unpaired) electrons. The summed E-state index contributed by atoms with van der Waals surface area (Å²) in [6.07, 6.45) is 6.16. The molecule has 3 amide bonds. The van der Waals surface area contributed by atoms with Crippen molar-refractivity contribution in [2.24, 2.45) is 0 Å². The molecule has 1 aliphatic carbocycles. The van der Waals surface area contributed by atoms with E-state index < -0.39 is 35.6 Å². The molecule has 0 spiro atoms. The number of aryl methyl sites for hydroxylation is 1. The molecule has 1 saturated heterocycles. The minimum Gasteiger partial charge on any atom is -0.384 e. The number of hydrogen-bond acceptors (Lipinski definition) is 12. The zero-order valence-electron chi connectivity index (χ0n) is 32.4. The zero-order valence-corrected chi connectivity index (χ0v) is 32.4. The number of fused-ring (bicyclic) bond motifs is 3. The van der Waals surface area contributed by atoms with E-state index in [1.807, 2.05) is 50.4 Å². The summed E-state index contributed by atoms with van der Waals surface area (Å²) in [5.41, 5.74) is 3.58. The normalized spacial score (nSPS) is 19.9. The first-order valence-electron chi connectivity index (χ1n) is 19.7. The van der Waals surface area contributed by atoms with Gasteiger partial charge >= 0.3 is 0 Å². The van der Waals surface area contributed by atoms with Gasteiger partial charge < -0.3 is 31.1 Å². The Bertz CT molecular complexity index is 2500. The quantitative estimate of drug-likeness (QED) is 0.0618. The lowest BCUT2D eigenvalue weighted by molar-refractivity contribution is -0.131. The highest BCUT2D eigenvalue weighted by Crippen LogP contribution is 2.39. The summed E-state index contributed by atoms with van der Waals surface area (Å²) in [7, 11) is 2.01. The van der Waals surface area contributed by atoms with E-state index in [-0.39, 0.29) is 36.1 Å². The minimum atomic E-state index is -1.01. The van der Waals surface area contributed by atoms with Gasteiger partial charge in [0, 0.05) is 43.4 Å². The molecule has 2 unspecified atom stereocenters. The van der Waals surface area contributed by atoms with Crippen molar-refractivity contribution >= 4 is 51.8 Å². The number of nitrogens with zero attached hydrogens (tertiary/aromatic N) is 7. The SMILES string of the molecule is C=CCn1c(=O)c2cnc(Nc3ccc(N(C)CCCCNc4cccc5c4C(=O)N(C4CCC(O)NC4=O)C5=O)cc3)nc2n1-c1ccc2c(n1)[C@@](O)(CC)CC2. The highest BCUT2D eigenvalue weighted by molar-refractivity contribution is 6.25. The average molecular weight is 787 g/mol. The number of imide groups is 1. The number of piperidine rings is 1.